The second-order valence-electron chi connectivity index (χ2n) is 21.6. The van der Waals surface area contributed by atoms with Crippen molar-refractivity contribution in [3.05, 3.63) is 0 Å². The summed E-state index contributed by atoms with van der Waals surface area (Å²) in [6.07, 6.45) is 56.7. The van der Waals surface area contributed by atoms with Gasteiger partial charge >= 0.3 is 17.9 Å². The SMILES string of the molecule is CCCCCCCCCCCCCCCCCCCC(=O)OC[C@H](COC(=O)CCCCCCCCCCCC(C)C)OC(=O)CCCCCCCCCCCCCCCCCCC(C)C. The first-order chi connectivity index (χ1) is 32.2. The highest BCUT2D eigenvalue weighted by atomic mass is 16.6. The number of rotatable bonds is 54. The summed E-state index contributed by atoms with van der Waals surface area (Å²) in [5.74, 6) is 0.822. The molecule has 0 saturated carbocycles. The number of carbonyl (C=O) groups excluding carboxylic acids is 3. The third-order valence-electron chi connectivity index (χ3n) is 13.7. The molecule has 0 spiro atoms. The molecule has 0 heterocycles. The summed E-state index contributed by atoms with van der Waals surface area (Å²) in [6.45, 7) is 11.4. The molecule has 392 valence electrons. The van der Waals surface area contributed by atoms with Crippen LogP contribution in [-0.4, -0.2) is 37.2 Å². The molecule has 0 unspecified atom stereocenters. The summed E-state index contributed by atoms with van der Waals surface area (Å²) in [6, 6.07) is 0. The molecule has 0 aromatic heterocycles. The lowest BCUT2D eigenvalue weighted by Gasteiger charge is -2.18. The molecule has 0 bridgehead atoms. The number of hydrogen-bond donors (Lipinski definition) is 0. The Morgan fingerprint density at radius 3 is 0.742 bits per heavy atom. The van der Waals surface area contributed by atoms with Gasteiger partial charge < -0.3 is 14.2 Å². The lowest BCUT2D eigenvalue weighted by molar-refractivity contribution is -0.167. The number of unbranched alkanes of at least 4 members (excludes halogenated alkanes) is 39. The molecule has 0 aliphatic rings. The van der Waals surface area contributed by atoms with Crippen molar-refractivity contribution >= 4 is 17.9 Å². The van der Waals surface area contributed by atoms with E-state index in [1.165, 1.54) is 225 Å². The van der Waals surface area contributed by atoms with Crippen LogP contribution in [-0.2, 0) is 28.6 Å². The van der Waals surface area contributed by atoms with E-state index in [2.05, 4.69) is 34.6 Å². The van der Waals surface area contributed by atoms with Crippen LogP contribution < -0.4 is 0 Å². The number of ether oxygens (including phenoxy) is 3. The van der Waals surface area contributed by atoms with E-state index in [-0.39, 0.29) is 31.1 Å². The van der Waals surface area contributed by atoms with Gasteiger partial charge in [0.25, 0.3) is 0 Å². The third-order valence-corrected chi connectivity index (χ3v) is 13.7. The normalized spacial score (nSPS) is 12.0. The topological polar surface area (TPSA) is 78.9 Å². The Kier molecular flexibility index (Phi) is 51.5. The fourth-order valence-corrected chi connectivity index (χ4v) is 9.23. The Hall–Kier alpha value is -1.59. The molecule has 66 heavy (non-hydrogen) atoms. The number of carbonyl (C=O) groups is 3. The van der Waals surface area contributed by atoms with Crippen LogP contribution in [0.4, 0.5) is 0 Å². The van der Waals surface area contributed by atoms with Gasteiger partial charge in [0.05, 0.1) is 0 Å². The van der Waals surface area contributed by atoms with Gasteiger partial charge in [-0.25, -0.2) is 0 Å². The van der Waals surface area contributed by atoms with Crippen LogP contribution in [0.15, 0.2) is 0 Å². The standard InChI is InChI=1S/C60H116O6/c1-6-7-8-9-10-11-12-13-14-15-19-22-25-30-35-40-45-50-58(61)64-53-57(54-65-59(62)51-46-41-36-32-27-29-34-39-44-49-56(4)5)66-60(63)52-47-42-37-31-26-23-20-17-16-18-21-24-28-33-38-43-48-55(2)3/h55-57H,6-54H2,1-5H3/t57-/m1/s1. The third kappa shape index (κ3) is 53.4. The van der Waals surface area contributed by atoms with Crippen LogP contribution in [0.1, 0.15) is 336 Å². The predicted octanol–water partition coefficient (Wildman–Crippen LogP) is 19.7. The molecule has 0 N–H and O–H groups in total. The van der Waals surface area contributed by atoms with Crippen LogP contribution in [0, 0.1) is 11.8 Å². The summed E-state index contributed by atoms with van der Waals surface area (Å²) >= 11 is 0. The molecule has 0 aliphatic heterocycles. The van der Waals surface area contributed by atoms with Crippen LogP contribution >= 0.6 is 0 Å². The minimum Gasteiger partial charge on any atom is -0.462 e. The fraction of sp³-hybridized carbons (Fsp3) is 0.950. The first-order valence-corrected chi connectivity index (χ1v) is 29.7. The molecule has 0 rings (SSSR count). The highest BCUT2D eigenvalue weighted by Gasteiger charge is 2.19. The van der Waals surface area contributed by atoms with Gasteiger partial charge in [0.2, 0.25) is 0 Å². The van der Waals surface area contributed by atoms with Crippen LogP contribution in [0.3, 0.4) is 0 Å². The average Bonchev–Trinajstić information content (AvgIpc) is 3.29. The van der Waals surface area contributed by atoms with E-state index in [4.69, 9.17) is 14.2 Å². The first kappa shape index (κ1) is 64.4. The van der Waals surface area contributed by atoms with Gasteiger partial charge in [-0.15, -0.1) is 0 Å². The van der Waals surface area contributed by atoms with Gasteiger partial charge in [-0.05, 0) is 31.1 Å². The summed E-state index contributed by atoms with van der Waals surface area (Å²) in [4.78, 5) is 38.2. The van der Waals surface area contributed by atoms with E-state index in [0.717, 1.165) is 69.6 Å². The zero-order chi connectivity index (χ0) is 48.2. The zero-order valence-corrected chi connectivity index (χ0v) is 45.3. The number of esters is 3. The molecule has 0 radical (unpaired) electrons. The molecule has 0 aliphatic carbocycles. The van der Waals surface area contributed by atoms with E-state index >= 15 is 0 Å². The average molecular weight is 934 g/mol. The maximum Gasteiger partial charge on any atom is 0.306 e. The molecule has 0 aromatic rings. The minimum atomic E-state index is -0.763. The Labute approximate surface area is 412 Å². The van der Waals surface area contributed by atoms with Gasteiger partial charge in [0, 0.05) is 19.3 Å². The second kappa shape index (κ2) is 52.8. The monoisotopic (exact) mass is 933 g/mol. The Bertz CT molecular complexity index is 1010. The summed E-state index contributed by atoms with van der Waals surface area (Å²) in [5, 5.41) is 0. The second-order valence-corrected chi connectivity index (χ2v) is 21.6. The molecule has 0 aromatic carbocycles. The van der Waals surface area contributed by atoms with E-state index < -0.39 is 6.10 Å². The smallest absolute Gasteiger partial charge is 0.306 e. The van der Waals surface area contributed by atoms with E-state index in [1.54, 1.807) is 0 Å². The molecular formula is C60H116O6. The maximum absolute atomic E-state index is 12.9. The van der Waals surface area contributed by atoms with E-state index in [1.807, 2.05) is 0 Å². The molecule has 6 heteroatoms. The molecule has 0 amide bonds. The van der Waals surface area contributed by atoms with Crippen LogP contribution in [0.5, 0.6) is 0 Å². The van der Waals surface area contributed by atoms with Crippen molar-refractivity contribution in [1.29, 1.82) is 0 Å². The van der Waals surface area contributed by atoms with Crippen molar-refractivity contribution in [2.24, 2.45) is 11.8 Å². The Balaban J connectivity index is 4.27. The van der Waals surface area contributed by atoms with Crippen molar-refractivity contribution < 1.29 is 28.6 Å². The van der Waals surface area contributed by atoms with Crippen LogP contribution in [0.25, 0.3) is 0 Å². The largest absolute Gasteiger partial charge is 0.462 e. The summed E-state index contributed by atoms with van der Waals surface area (Å²) < 4.78 is 16.9. The minimum absolute atomic E-state index is 0.0626. The highest BCUT2D eigenvalue weighted by molar-refractivity contribution is 5.71. The van der Waals surface area contributed by atoms with Gasteiger partial charge in [-0.3, -0.25) is 14.4 Å². The summed E-state index contributed by atoms with van der Waals surface area (Å²) in [7, 11) is 0. The first-order valence-electron chi connectivity index (χ1n) is 29.7. The van der Waals surface area contributed by atoms with Gasteiger partial charge in [0.1, 0.15) is 13.2 Å². The van der Waals surface area contributed by atoms with Crippen molar-refractivity contribution in [1.82, 2.24) is 0 Å². The lowest BCUT2D eigenvalue weighted by Crippen LogP contribution is -2.30. The van der Waals surface area contributed by atoms with Gasteiger partial charge in [-0.2, -0.15) is 0 Å². The Morgan fingerprint density at radius 1 is 0.288 bits per heavy atom. The van der Waals surface area contributed by atoms with Crippen molar-refractivity contribution in [2.75, 3.05) is 13.2 Å². The highest BCUT2D eigenvalue weighted by Crippen LogP contribution is 2.18. The Morgan fingerprint density at radius 2 is 0.500 bits per heavy atom. The van der Waals surface area contributed by atoms with Crippen LogP contribution in [0.2, 0.25) is 0 Å². The molecule has 1 atom stereocenters. The van der Waals surface area contributed by atoms with Gasteiger partial charge in [-0.1, -0.05) is 298 Å². The molecule has 0 saturated heterocycles. The van der Waals surface area contributed by atoms with Crippen molar-refractivity contribution in [3.63, 3.8) is 0 Å². The predicted molar refractivity (Wildman–Crippen MR) is 284 cm³/mol. The maximum atomic E-state index is 12.9. The summed E-state index contributed by atoms with van der Waals surface area (Å²) in [5.41, 5.74) is 0. The number of hydrogen-bond acceptors (Lipinski definition) is 6. The van der Waals surface area contributed by atoms with Crippen molar-refractivity contribution in [3.8, 4) is 0 Å². The fourth-order valence-electron chi connectivity index (χ4n) is 9.23. The van der Waals surface area contributed by atoms with Crippen molar-refractivity contribution in [2.45, 2.75) is 343 Å². The molecule has 6 nitrogen and oxygen atoms in total. The molecule has 0 fully saturated rings. The molecular weight excluding hydrogens is 817 g/mol. The van der Waals surface area contributed by atoms with Gasteiger partial charge in [0.15, 0.2) is 6.10 Å². The quantitative estimate of drug-likeness (QED) is 0.0343. The zero-order valence-electron chi connectivity index (χ0n) is 45.3. The van der Waals surface area contributed by atoms with E-state index in [0.29, 0.717) is 19.3 Å². The van der Waals surface area contributed by atoms with E-state index in [9.17, 15) is 14.4 Å². The lowest BCUT2D eigenvalue weighted by atomic mass is 10.0.